The van der Waals surface area contributed by atoms with Gasteiger partial charge in [-0.3, -0.25) is 9.80 Å². The second kappa shape index (κ2) is 7.56. The minimum Gasteiger partial charge on any atom is -0.294 e. The standard InChI is InChI=1S/C18H24BrN3O/c1-13-9-10-15(19)17(20-21-22-11-5-6-12-22)16(13)18(23)14-7-3-2-4-8-14/h9-10,14H,2-8,11-12H2,1H3. The summed E-state index contributed by atoms with van der Waals surface area (Å²) >= 11 is 3.56. The Hall–Kier alpha value is -1.23. The number of rotatable bonds is 4. The van der Waals surface area contributed by atoms with Crippen molar-refractivity contribution >= 4 is 27.4 Å². The first kappa shape index (κ1) is 16.6. The van der Waals surface area contributed by atoms with Crippen LogP contribution in [0.15, 0.2) is 26.9 Å². The molecule has 1 saturated carbocycles. The smallest absolute Gasteiger partial charge is 0.168 e. The van der Waals surface area contributed by atoms with Crippen LogP contribution in [0.1, 0.15) is 60.9 Å². The van der Waals surface area contributed by atoms with Crippen molar-refractivity contribution in [3.05, 3.63) is 27.7 Å². The molecule has 1 aromatic carbocycles. The van der Waals surface area contributed by atoms with E-state index in [2.05, 4.69) is 26.3 Å². The zero-order valence-electron chi connectivity index (χ0n) is 13.7. The van der Waals surface area contributed by atoms with E-state index < -0.39 is 0 Å². The van der Waals surface area contributed by atoms with Gasteiger partial charge in [0.05, 0.1) is 0 Å². The van der Waals surface area contributed by atoms with Gasteiger partial charge in [0.1, 0.15) is 5.69 Å². The topological polar surface area (TPSA) is 45.0 Å². The van der Waals surface area contributed by atoms with Gasteiger partial charge in [-0.25, -0.2) is 0 Å². The average Bonchev–Trinajstić information content (AvgIpc) is 3.09. The molecule has 0 amide bonds. The molecule has 2 fully saturated rings. The number of halogens is 1. The molecule has 1 aliphatic heterocycles. The summed E-state index contributed by atoms with van der Waals surface area (Å²) in [5, 5.41) is 10.8. The quantitative estimate of drug-likeness (QED) is 0.505. The third-order valence-electron chi connectivity index (χ3n) is 4.91. The van der Waals surface area contributed by atoms with Gasteiger partial charge in [-0.05, 0) is 60.2 Å². The molecule has 1 saturated heterocycles. The monoisotopic (exact) mass is 377 g/mol. The lowest BCUT2D eigenvalue weighted by molar-refractivity contribution is 0.0889. The van der Waals surface area contributed by atoms with Crippen molar-refractivity contribution < 1.29 is 4.79 Å². The SMILES string of the molecule is Cc1ccc(Br)c(N=NN2CCCC2)c1C(=O)C1CCCCC1. The third kappa shape index (κ3) is 3.82. The first-order valence-corrected chi connectivity index (χ1v) is 9.46. The van der Waals surface area contributed by atoms with E-state index in [-0.39, 0.29) is 11.7 Å². The number of carbonyl (C=O) groups is 1. The molecule has 0 atom stereocenters. The second-order valence-electron chi connectivity index (χ2n) is 6.64. The Balaban J connectivity index is 1.91. The van der Waals surface area contributed by atoms with Gasteiger partial charge in [-0.2, -0.15) is 0 Å². The van der Waals surface area contributed by atoms with Gasteiger partial charge in [0.25, 0.3) is 0 Å². The normalized spacial score (nSPS) is 19.7. The van der Waals surface area contributed by atoms with Gasteiger partial charge < -0.3 is 0 Å². The zero-order valence-corrected chi connectivity index (χ0v) is 15.3. The van der Waals surface area contributed by atoms with Crippen LogP contribution in [0.3, 0.4) is 0 Å². The highest BCUT2D eigenvalue weighted by molar-refractivity contribution is 9.10. The molecule has 0 radical (unpaired) electrons. The van der Waals surface area contributed by atoms with Gasteiger partial charge in [0, 0.05) is 29.0 Å². The molecule has 1 aliphatic carbocycles. The third-order valence-corrected chi connectivity index (χ3v) is 5.55. The number of ketones is 1. The lowest BCUT2D eigenvalue weighted by Crippen LogP contribution is -2.19. The van der Waals surface area contributed by atoms with Crippen molar-refractivity contribution in [3.8, 4) is 0 Å². The lowest BCUT2D eigenvalue weighted by Gasteiger charge is -2.22. The van der Waals surface area contributed by atoms with Crippen molar-refractivity contribution in [2.75, 3.05) is 13.1 Å². The molecule has 4 nitrogen and oxygen atoms in total. The van der Waals surface area contributed by atoms with Gasteiger partial charge in [0.2, 0.25) is 0 Å². The molecule has 0 aromatic heterocycles. The van der Waals surface area contributed by atoms with Crippen molar-refractivity contribution in [2.45, 2.75) is 51.9 Å². The van der Waals surface area contributed by atoms with Crippen LogP contribution in [0.5, 0.6) is 0 Å². The molecular formula is C18H24BrN3O. The fourth-order valence-electron chi connectivity index (χ4n) is 3.54. The van der Waals surface area contributed by atoms with E-state index in [9.17, 15) is 4.79 Å². The minimum absolute atomic E-state index is 0.150. The number of nitrogens with zero attached hydrogens (tertiary/aromatic N) is 3. The summed E-state index contributed by atoms with van der Waals surface area (Å²) in [6.07, 6.45) is 7.93. The molecule has 3 rings (SSSR count). The van der Waals surface area contributed by atoms with E-state index in [1.54, 1.807) is 0 Å². The summed E-state index contributed by atoms with van der Waals surface area (Å²) in [7, 11) is 0. The van der Waals surface area contributed by atoms with Crippen LogP contribution in [0.25, 0.3) is 0 Å². The molecular weight excluding hydrogens is 354 g/mol. The average molecular weight is 378 g/mol. The summed E-state index contributed by atoms with van der Waals surface area (Å²) in [6.45, 7) is 3.91. The number of benzene rings is 1. The molecule has 0 bridgehead atoms. The highest BCUT2D eigenvalue weighted by Crippen LogP contribution is 2.37. The van der Waals surface area contributed by atoms with Crippen LogP contribution in [-0.2, 0) is 0 Å². The summed E-state index contributed by atoms with van der Waals surface area (Å²) < 4.78 is 0.852. The maximum absolute atomic E-state index is 13.1. The van der Waals surface area contributed by atoms with E-state index in [4.69, 9.17) is 0 Å². The summed E-state index contributed by atoms with van der Waals surface area (Å²) in [5.41, 5.74) is 2.46. The largest absolute Gasteiger partial charge is 0.294 e. The molecule has 0 unspecified atom stereocenters. The Morgan fingerprint density at radius 2 is 1.83 bits per heavy atom. The molecule has 23 heavy (non-hydrogen) atoms. The number of Topliss-reactive ketones (excluding diaryl/α,β-unsaturated/α-hetero) is 1. The molecule has 5 heteroatoms. The molecule has 2 aliphatic rings. The summed E-state index contributed by atoms with van der Waals surface area (Å²) in [4.78, 5) is 13.1. The van der Waals surface area contributed by atoms with Crippen LogP contribution < -0.4 is 0 Å². The van der Waals surface area contributed by atoms with E-state index in [1.807, 2.05) is 24.1 Å². The van der Waals surface area contributed by atoms with Gasteiger partial charge in [-0.1, -0.05) is 30.6 Å². The molecule has 1 aromatic rings. The van der Waals surface area contributed by atoms with Crippen molar-refractivity contribution in [1.29, 1.82) is 0 Å². The maximum Gasteiger partial charge on any atom is 0.168 e. The lowest BCUT2D eigenvalue weighted by atomic mass is 9.82. The Labute approximate surface area is 146 Å². The van der Waals surface area contributed by atoms with Crippen molar-refractivity contribution in [1.82, 2.24) is 5.01 Å². The Kier molecular flexibility index (Phi) is 5.46. The molecule has 124 valence electrons. The first-order valence-electron chi connectivity index (χ1n) is 8.67. The fourth-order valence-corrected chi connectivity index (χ4v) is 3.95. The molecule has 1 heterocycles. The number of hydrogen-bond acceptors (Lipinski definition) is 3. The van der Waals surface area contributed by atoms with E-state index in [0.29, 0.717) is 5.69 Å². The maximum atomic E-state index is 13.1. The predicted octanol–water partition coefficient (Wildman–Crippen LogP) is 5.62. The second-order valence-corrected chi connectivity index (χ2v) is 7.49. The predicted molar refractivity (Wildman–Crippen MR) is 95.1 cm³/mol. The summed E-state index contributed by atoms with van der Waals surface area (Å²) in [6, 6.07) is 3.96. The van der Waals surface area contributed by atoms with Crippen molar-refractivity contribution in [2.24, 2.45) is 16.3 Å². The van der Waals surface area contributed by atoms with E-state index in [1.165, 1.54) is 19.3 Å². The van der Waals surface area contributed by atoms with Crippen molar-refractivity contribution in [3.63, 3.8) is 0 Å². The molecule has 0 spiro atoms. The Morgan fingerprint density at radius 1 is 1.13 bits per heavy atom. The van der Waals surface area contributed by atoms with Crippen LogP contribution in [0.4, 0.5) is 5.69 Å². The van der Waals surface area contributed by atoms with Crippen LogP contribution >= 0.6 is 15.9 Å². The number of carbonyl (C=O) groups excluding carboxylic acids is 1. The minimum atomic E-state index is 0.150. The highest BCUT2D eigenvalue weighted by atomic mass is 79.9. The zero-order chi connectivity index (χ0) is 16.2. The van der Waals surface area contributed by atoms with E-state index in [0.717, 1.165) is 54.4 Å². The van der Waals surface area contributed by atoms with Crippen LogP contribution in [0.2, 0.25) is 0 Å². The highest BCUT2D eigenvalue weighted by Gasteiger charge is 2.27. The first-order chi connectivity index (χ1) is 11.2. The fraction of sp³-hybridized carbons (Fsp3) is 0.611. The number of aryl methyl sites for hydroxylation is 1. The van der Waals surface area contributed by atoms with Gasteiger partial charge in [-0.15, -0.1) is 5.11 Å². The van der Waals surface area contributed by atoms with Crippen LogP contribution in [-0.4, -0.2) is 23.9 Å². The van der Waals surface area contributed by atoms with Crippen LogP contribution in [0, 0.1) is 12.8 Å². The molecule has 0 N–H and O–H groups in total. The Morgan fingerprint density at radius 3 is 2.52 bits per heavy atom. The van der Waals surface area contributed by atoms with Gasteiger partial charge >= 0.3 is 0 Å². The van der Waals surface area contributed by atoms with E-state index >= 15 is 0 Å². The van der Waals surface area contributed by atoms with Gasteiger partial charge in [0.15, 0.2) is 5.78 Å². The Bertz CT molecular complexity index is 603. The number of hydrogen-bond donors (Lipinski definition) is 0. The summed E-state index contributed by atoms with van der Waals surface area (Å²) in [5.74, 6) is 0.399.